The molecule has 0 fully saturated rings. The van der Waals surface area contributed by atoms with Crippen LogP contribution in [-0.2, 0) is 5.41 Å². The molecule has 7 heteroatoms. The van der Waals surface area contributed by atoms with Crippen LogP contribution in [0.1, 0.15) is 77.3 Å². The Hall–Kier alpha value is -3.19. The van der Waals surface area contributed by atoms with Crippen LogP contribution in [0.5, 0.6) is 11.5 Å². The number of unbranched alkanes of at least 4 members (excludes halogenated alkanes) is 5. The number of methoxy groups -OCH3 is 1. The SMILES string of the molecule is CCCCCCCCOc1ccc(C=c2sc3nc(-c4ccc(C(C)(C)C)cc4)nn3c2=O)cc1OC. The molecule has 2 aromatic carbocycles. The molecule has 4 aromatic rings. The van der Waals surface area contributed by atoms with Crippen molar-refractivity contribution >= 4 is 22.4 Å². The Bertz CT molecular complexity index is 1430. The summed E-state index contributed by atoms with van der Waals surface area (Å²) >= 11 is 1.33. The number of thiazole rings is 1. The van der Waals surface area contributed by atoms with E-state index in [1.165, 1.54) is 53.5 Å². The van der Waals surface area contributed by atoms with Gasteiger partial charge in [-0.2, -0.15) is 9.50 Å². The highest BCUT2D eigenvalue weighted by Crippen LogP contribution is 2.29. The average molecular weight is 520 g/mol. The average Bonchev–Trinajstić information content (AvgIpc) is 3.42. The molecule has 0 amide bonds. The number of ether oxygens (including phenoxy) is 2. The van der Waals surface area contributed by atoms with Gasteiger partial charge in [-0.1, -0.05) is 101 Å². The standard InChI is InChI=1S/C30H37N3O3S/c1-6-7-8-9-10-11-18-36-24-17-12-21(19-25(24)35-5)20-26-28(34)33-29(37-26)31-27(32-33)22-13-15-23(16-14-22)30(2,3)4/h12-17,19-20H,6-11,18H2,1-5H3. The number of fused-ring (bicyclic) bond motifs is 1. The first kappa shape index (κ1) is 26.9. The molecule has 0 atom stereocenters. The van der Waals surface area contributed by atoms with E-state index in [4.69, 9.17) is 9.47 Å². The van der Waals surface area contributed by atoms with Crippen molar-refractivity contribution in [2.24, 2.45) is 0 Å². The van der Waals surface area contributed by atoms with Crippen LogP contribution in [0.25, 0.3) is 22.4 Å². The zero-order valence-corrected chi connectivity index (χ0v) is 23.4. The van der Waals surface area contributed by atoms with Crippen molar-refractivity contribution in [1.29, 1.82) is 0 Å². The lowest BCUT2D eigenvalue weighted by atomic mass is 9.87. The van der Waals surface area contributed by atoms with Gasteiger partial charge in [0.25, 0.3) is 5.56 Å². The maximum absolute atomic E-state index is 13.0. The minimum atomic E-state index is -0.174. The van der Waals surface area contributed by atoms with E-state index in [1.807, 2.05) is 36.4 Å². The van der Waals surface area contributed by atoms with Gasteiger partial charge in [0.05, 0.1) is 18.2 Å². The minimum Gasteiger partial charge on any atom is -0.493 e. The van der Waals surface area contributed by atoms with Crippen LogP contribution in [0.2, 0.25) is 0 Å². The number of hydrogen-bond acceptors (Lipinski definition) is 6. The van der Waals surface area contributed by atoms with Gasteiger partial charge in [-0.05, 0) is 41.2 Å². The lowest BCUT2D eigenvalue weighted by Crippen LogP contribution is -2.23. The van der Waals surface area contributed by atoms with Gasteiger partial charge in [0.15, 0.2) is 17.3 Å². The lowest BCUT2D eigenvalue weighted by molar-refractivity contribution is 0.284. The van der Waals surface area contributed by atoms with Crippen molar-refractivity contribution in [3.63, 3.8) is 0 Å². The summed E-state index contributed by atoms with van der Waals surface area (Å²) in [6.45, 7) is 9.44. The van der Waals surface area contributed by atoms with Gasteiger partial charge >= 0.3 is 0 Å². The van der Waals surface area contributed by atoms with Crippen LogP contribution in [0, 0.1) is 0 Å². The van der Waals surface area contributed by atoms with Crippen LogP contribution >= 0.6 is 11.3 Å². The van der Waals surface area contributed by atoms with Crippen LogP contribution < -0.4 is 19.6 Å². The quantitative estimate of drug-likeness (QED) is 0.214. The largest absolute Gasteiger partial charge is 0.493 e. The second-order valence-corrected chi connectivity index (χ2v) is 11.4. The Labute approximate surface area is 223 Å². The topological polar surface area (TPSA) is 65.7 Å². The van der Waals surface area contributed by atoms with Crippen molar-refractivity contribution < 1.29 is 9.47 Å². The summed E-state index contributed by atoms with van der Waals surface area (Å²) in [6, 6.07) is 14.0. The highest BCUT2D eigenvalue weighted by Gasteiger charge is 2.16. The van der Waals surface area contributed by atoms with Crippen molar-refractivity contribution in [2.45, 2.75) is 71.6 Å². The second-order valence-electron chi connectivity index (χ2n) is 10.4. The molecule has 4 rings (SSSR count). The maximum Gasteiger partial charge on any atom is 0.291 e. The molecule has 0 radical (unpaired) electrons. The monoisotopic (exact) mass is 519 g/mol. The summed E-state index contributed by atoms with van der Waals surface area (Å²) in [6.07, 6.45) is 9.17. The Morgan fingerprint density at radius 2 is 1.70 bits per heavy atom. The van der Waals surface area contributed by atoms with Gasteiger partial charge in [-0.25, -0.2) is 0 Å². The van der Waals surface area contributed by atoms with Crippen LogP contribution in [-0.4, -0.2) is 28.3 Å². The minimum absolute atomic E-state index is 0.0777. The van der Waals surface area contributed by atoms with Gasteiger partial charge in [-0.3, -0.25) is 4.79 Å². The van der Waals surface area contributed by atoms with E-state index in [0.717, 1.165) is 23.3 Å². The predicted octanol–water partition coefficient (Wildman–Crippen LogP) is 6.41. The first-order valence-corrected chi connectivity index (χ1v) is 13.9. The molecular formula is C30H37N3O3S. The number of nitrogens with zero attached hydrogens (tertiary/aromatic N) is 3. The summed E-state index contributed by atoms with van der Waals surface area (Å²) < 4.78 is 13.5. The second kappa shape index (κ2) is 11.9. The molecule has 0 unspecified atom stereocenters. The molecule has 0 saturated heterocycles. The fourth-order valence-corrected chi connectivity index (χ4v) is 5.09. The van der Waals surface area contributed by atoms with Gasteiger partial charge < -0.3 is 9.47 Å². The lowest BCUT2D eigenvalue weighted by Gasteiger charge is -2.18. The molecule has 0 aliphatic carbocycles. The first-order valence-electron chi connectivity index (χ1n) is 13.1. The van der Waals surface area contributed by atoms with E-state index in [9.17, 15) is 4.79 Å². The third kappa shape index (κ3) is 6.58. The van der Waals surface area contributed by atoms with E-state index in [-0.39, 0.29) is 11.0 Å². The molecule has 0 spiro atoms. The molecule has 0 bridgehead atoms. The summed E-state index contributed by atoms with van der Waals surface area (Å²) in [5, 5.41) is 4.49. The molecule has 37 heavy (non-hydrogen) atoms. The predicted molar refractivity (Wildman–Crippen MR) is 152 cm³/mol. The Morgan fingerprint density at radius 3 is 2.38 bits per heavy atom. The zero-order valence-electron chi connectivity index (χ0n) is 22.5. The molecule has 196 valence electrons. The van der Waals surface area contributed by atoms with Crippen molar-refractivity contribution in [3.8, 4) is 22.9 Å². The van der Waals surface area contributed by atoms with Crippen LogP contribution in [0.4, 0.5) is 0 Å². The summed E-state index contributed by atoms with van der Waals surface area (Å²) in [4.78, 5) is 18.2. The molecule has 0 N–H and O–H groups in total. The van der Waals surface area contributed by atoms with Gasteiger partial charge in [0, 0.05) is 5.56 Å². The molecule has 0 aliphatic rings. The number of rotatable bonds is 11. The fourth-order valence-electron chi connectivity index (χ4n) is 4.18. The summed E-state index contributed by atoms with van der Waals surface area (Å²) in [5.41, 5.74) is 2.91. The Kier molecular flexibility index (Phi) is 8.64. The van der Waals surface area contributed by atoms with E-state index in [0.29, 0.717) is 27.7 Å². The number of hydrogen-bond donors (Lipinski definition) is 0. The third-order valence-corrected chi connectivity index (χ3v) is 7.39. The van der Waals surface area contributed by atoms with Crippen molar-refractivity contribution in [3.05, 3.63) is 68.5 Å². The highest BCUT2D eigenvalue weighted by molar-refractivity contribution is 7.15. The summed E-state index contributed by atoms with van der Waals surface area (Å²) in [7, 11) is 1.63. The smallest absolute Gasteiger partial charge is 0.291 e. The van der Waals surface area contributed by atoms with Crippen molar-refractivity contribution in [1.82, 2.24) is 14.6 Å². The Morgan fingerprint density at radius 1 is 0.973 bits per heavy atom. The molecule has 0 saturated carbocycles. The van der Waals surface area contributed by atoms with E-state index >= 15 is 0 Å². The van der Waals surface area contributed by atoms with E-state index in [2.05, 4.69) is 49.9 Å². The normalized spacial score (nSPS) is 12.4. The van der Waals surface area contributed by atoms with Crippen molar-refractivity contribution in [2.75, 3.05) is 13.7 Å². The maximum atomic E-state index is 13.0. The highest BCUT2D eigenvalue weighted by atomic mass is 32.1. The van der Waals surface area contributed by atoms with Crippen LogP contribution in [0.15, 0.2) is 47.3 Å². The molecule has 0 aliphatic heterocycles. The van der Waals surface area contributed by atoms with E-state index in [1.54, 1.807) is 7.11 Å². The van der Waals surface area contributed by atoms with Crippen LogP contribution in [0.3, 0.4) is 0 Å². The Balaban J connectivity index is 1.48. The molecule has 2 heterocycles. The van der Waals surface area contributed by atoms with E-state index < -0.39 is 0 Å². The molecular weight excluding hydrogens is 482 g/mol. The number of benzene rings is 2. The molecule has 6 nitrogen and oxygen atoms in total. The van der Waals surface area contributed by atoms with Gasteiger partial charge in [0.1, 0.15) is 0 Å². The third-order valence-electron chi connectivity index (χ3n) is 6.43. The molecule has 2 aromatic heterocycles. The first-order chi connectivity index (χ1) is 17.8. The van der Waals surface area contributed by atoms with Gasteiger partial charge in [0.2, 0.25) is 4.96 Å². The zero-order chi connectivity index (χ0) is 26.4. The summed E-state index contributed by atoms with van der Waals surface area (Å²) in [5.74, 6) is 1.94. The van der Waals surface area contributed by atoms with Gasteiger partial charge in [-0.15, -0.1) is 5.10 Å². The fraction of sp³-hybridized carbons (Fsp3) is 0.433. The number of aromatic nitrogens is 3.